The van der Waals surface area contributed by atoms with Crippen LogP contribution in [-0.4, -0.2) is 32.8 Å². The molecule has 4 rings (SSSR count). The molecule has 0 aliphatic carbocycles. The van der Waals surface area contributed by atoms with E-state index in [-0.39, 0.29) is 12.7 Å². The number of benzene rings is 2. The highest BCUT2D eigenvalue weighted by Gasteiger charge is 2.27. The summed E-state index contributed by atoms with van der Waals surface area (Å²) in [4.78, 5) is 14.9. The van der Waals surface area contributed by atoms with Crippen molar-refractivity contribution >= 4 is 11.6 Å². The van der Waals surface area contributed by atoms with Gasteiger partial charge in [0.2, 0.25) is 12.7 Å². The second kappa shape index (κ2) is 9.60. The van der Waals surface area contributed by atoms with Crippen LogP contribution < -0.4 is 19.7 Å². The van der Waals surface area contributed by atoms with E-state index in [1.54, 1.807) is 0 Å². The monoisotopic (exact) mass is 382 g/mol. The molecule has 2 aliphatic heterocycles. The minimum absolute atomic E-state index is 0.177. The molecule has 1 N–H and O–H groups in total. The number of carbonyl (C=O) groups is 1. The van der Waals surface area contributed by atoms with Crippen molar-refractivity contribution in [1.82, 2.24) is 5.32 Å². The quantitative estimate of drug-likeness (QED) is 0.855. The summed E-state index contributed by atoms with van der Waals surface area (Å²) in [6.45, 7) is 5.97. The fourth-order valence-electron chi connectivity index (χ4n) is 3.82. The maximum atomic E-state index is 13.0. The van der Waals surface area contributed by atoms with Gasteiger partial charge in [-0.05, 0) is 61.7 Å². The van der Waals surface area contributed by atoms with Gasteiger partial charge in [-0.25, -0.2) is 0 Å². The summed E-state index contributed by atoms with van der Waals surface area (Å²) in [5, 5.41) is 3.25. The molecule has 0 aromatic heterocycles. The molecule has 0 saturated carbocycles. The average Bonchev–Trinajstić information content (AvgIpc) is 3.21. The second-order valence-corrected chi connectivity index (χ2v) is 6.95. The molecule has 5 heteroatoms. The highest BCUT2D eigenvalue weighted by atomic mass is 16.7. The van der Waals surface area contributed by atoms with Gasteiger partial charge in [-0.1, -0.05) is 38.1 Å². The van der Waals surface area contributed by atoms with Crippen molar-refractivity contribution in [1.29, 1.82) is 0 Å². The van der Waals surface area contributed by atoms with Crippen molar-refractivity contribution in [3.8, 4) is 11.5 Å². The summed E-state index contributed by atoms with van der Waals surface area (Å²) < 4.78 is 10.8. The molecule has 0 radical (unpaired) electrons. The third kappa shape index (κ3) is 4.47. The first-order chi connectivity index (χ1) is 13.7. The third-order valence-corrected chi connectivity index (χ3v) is 5.09. The summed E-state index contributed by atoms with van der Waals surface area (Å²) in [5.74, 6) is 2.17. The van der Waals surface area contributed by atoms with Crippen molar-refractivity contribution in [3.63, 3.8) is 0 Å². The molecule has 150 valence electrons. The summed E-state index contributed by atoms with van der Waals surface area (Å²) in [7, 11) is 1.96. The average molecular weight is 383 g/mol. The lowest BCUT2D eigenvalue weighted by molar-refractivity contribution is -0.118. The largest absolute Gasteiger partial charge is 0.454 e. The first-order valence-electron chi connectivity index (χ1n) is 10.2. The zero-order valence-electron chi connectivity index (χ0n) is 17.0. The number of rotatable bonds is 5. The number of fused-ring (bicyclic) bond motifs is 2. The predicted octanol–water partition coefficient (Wildman–Crippen LogP) is 3.80. The molecule has 2 aliphatic rings. The van der Waals surface area contributed by atoms with Crippen LogP contribution in [0.4, 0.5) is 5.69 Å². The number of anilines is 1. The molecule has 2 heterocycles. The number of ether oxygens (including phenoxy) is 2. The van der Waals surface area contributed by atoms with E-state index in [4.69, 9.17) is 9.47 Å². The smallest absolute Gasteiger partial charge is 0.231 e. The van der Waals surface area contributed by atoms with Gasteiger partial charge in [-0.3, -0.25) is 4.79 Å². The van der Waals surface area contributed by atoms with Crippen molar-refractivity contribution in [2.75, 3.05) is 31.8 Å². The van der Waals surface area contributed by atoms with E-state index in [2.05, 4.69) is 23.5 Å². The standard InChI is InChI=1S/C21H24N2O3.C2H6/c1-22-12-16-10-17-4-2-3-5-18(17)23(13-16)21(24)9-7-15-6-8-19-20(11-15)26-14-25-19;1-2/h2-6,8,11,16,22H,7,9-10,12-14H2,1H3;1-2H3. The van der Waals surface area contributed by atoms with Crippen molar-refractivity contribution < 1.29 is 14.3 Å². The molecule has 0 saturated heterocycles. The Hall–Kier alpha value is -2.53. The van der Waals surface area contributed by atoms with Crippen LogP contribution in [0.3, 0.4) is 0 Å². The Balaban J connectivity index is 0.00000109. The molecule has 1 atom stereocenters. The van der Waals surface area contributed by atoms with Crippen LogP contribution in [0.5, 0.6) is 11.5 Å². The summed E-state index contributed by atoms with van der Waals surface area (Å²) in [5.41, 5.74) is 3.42. The van der Waals surface area contributed by atoms with Crippen LogP contribution in [0.15, 0.2) is 42.5 Å². The molecule has 1 amide bonds. The van der Waals surface area contributed by atoms with Gasteiger partial charge in [0.1, 0.15) is 0 Å². The van der Waals surface area contributed by atoms with E-state index in [1.807, 2.05) is 50.1 Å². The lowest BCUT2D eigenvalue weighted by Gasteiger charge is -2.34. The van der Waals surface area contributed by atoms with Gasteiger partial charge in [-0.15, -0.1) is 0 Å². The molecular formula is C23H30N2O3. The van der Waals surface area contributed by atoms with Gasteiger partial charge >= 0.3 is 0 Å². The maximum Gasteiger partial charge on any atom is 0.231 e. The summed E-state index contributed by atoms with van der Waals surface area (Å²) in [6, 6.07) is 14.2. The van der Waals surface area contributed by atoms with E-state index in [0.717, 1.165) is 42.3 Å². The molecule has 0 spiro atoms. The zero-order chi connectivity index (χ0) is 19.9. The molecule has 1 unspecified atom stereocenters. The number of carbonyl (C=O) groups excluding carboxylic acids is 1. The van der Waals surface area contributed by atoms with E-state index >= 15 is 0 Å². The van der Waals surface area contributed by atoms with Crippen LogP contribution in [0.25, 0.3) is 0 Å². The molecule has 5 nitrogen and oxygen atoms in total. The minimum Gasteiger partial charge on any atom is -0.454 e. The molecular weight excluding hydrogens is 352 g/mol. The van der Waals surface area contributed by atoms with E-state index in [1.165, 1.54) is 5.56 Å². The van der Waals surface area contributed by atoms with Crippen molar-refractivity contribution in [3.05, 3.63) is 53.6 Å². The van der Waals surface area contributed by atoms with Gasteiger partial charge in [-0.2, -0.15) is 0 Å². The number of nitrogens with zero attached hydrogens (tertiary/aromatic N) is 1. The highest BCUT2D eigenvalue weighted by molar-refractivity contribution is 5.94. The van der Waals surface area contributed by atoms with Crippen LogP contribution in [0.1, 0.15) is 31.4 Å². The molecule has 2 aromatic rings. The van der Waals surface area contributed by atoms with Gasteiger partial charge < -0.3 is 19.7 Å². The Morgan fingerprint density at radius 1 is 1.14 bits per heavy atom. The highest BCUT2D eigenvalue weighted by Crippen LogP contribution is 2.33. The van der Waals surface area contributed by atoms with Crippen LogP contribution in [0, 0.1) is 5.92 Å². The number of hydrogen-bond donors (Lipinski definition) is 1. The van der Waals surface area contributed by atoms with Gasteiger partial charge in [0.05, 0.1) is 0 Å². The topological polar surface area (TPSA) is 50.8 Å². The van der Waals surface area contributed by atoms with E-state index in [9.17, 15) is 4.79 Å². The Kier molecular flexibility index (Phi) is 6.93. The van der Waals surface area contributed by atoms with E-state index in [0.29, 0.717) is 18.8 Å². The Bertz CT molecular complexity index is 806. The SMILES string of the molecule is CC.CNCC1Cc2ccccc2N(C(=O)CCc2ccc3c(c2)OCO3)C1. The number of para-hydroxylation sites is 1. The Morgan fingerprint density at radius 3 is 2.75 bits per heavy atom. The molecule has 0 bridgehead atoms. The van der Waals surface area contributed by atoms with Crippen molar-refractivity contribution in [2.24, 2.45) is 5.92 Å². The van der Waals surface area contributed by atoms with Gasteiger partial charge in [0.25, 0.3) is 0 Å². The Labute approximate surface area is 167 Å². The zero-order valence-corrected chi connectivity index (χ0v) is 17.0. The third-order valence-electron chi connectivity index (χ3n) is 5.09. The van der Waals surface area contributed by atoms with Crippen LogP contribution in [0.2, 0.25) is 0 Å². The predicted molar refractivity (Wildman–Crippen MR) is 112 cm³/mol. The maximum absolute atomic E-state index is 13.0. The first-order valence-corrected chi connectivity index (χ1v) is 10.2. The van der Waals surface area contributed by atoms with Crippen LogP contribution >= 0.6 is 0 Å². The van der Waals surface area contributed by atoms with E-state index < -0.39 is 0 Å². The summed E-state index contributed by atoms with van der Waals surface area (Å²) >= 11 is 0. The lowest BCUT2D eigenvalue weighted by Crippen LogP contribution is -2.42. The first kappa shape index (κ1) is 20.2. The Morgan fingerprint density at radius 2 is 1.93 bits per heavy atom. The number of hydrogen-bond acceptors (Lipinski definition) is 4. The van der Waals surface area contributed by atoms with Gasteiger partial charge in [0.15, 0.2) is 11.5 Å². The molecule has 2 aromatic carbocycles. The number of amides is 1. The second-order valence-electron chi connectivity index (χ2n) is 6.95. The number of aryl methyl sites for hydroxylation is 1. The molecule has 28 heavy (non-hydrogen) atoms. The van der Waals surface area contributed by atoms with Crippen LogP contribution in [-0.2, 0) is 17.6 Å². The number of nitrogens with one attached hydrogen (secondary N) is 1. The minimum atomic E-state index is 0.177. The van der Waals surface area contributed by atoms with Crippen molar-refractivity contribution in [2.45, 2.75) is 33.1 Å². The lowest BCUT2D eigenvalue weighted by atomic mass is 9.92. The fraction of sp³-hybridized carbons (Fsp3) is 0.435. The normalized spacial score (nSPS) is 16.8. The van der Waals surface area contributed by atoms with Gasteiger partial charge in [0, 0.05) is 18.7 Å². The molecule has 0 fully saturated rings. The summed E-state index contributed by atoms with van der Waals surface area (Å²) in [6.07, 6.45) is 2.20. The fourth-order valence-corrected chi connectivity index (χ4v) is 3.82.